The third-order valence-corrected chi connectivity index (χ3v) is 7.02. The molecule has 162 valence electrons. The highest BCUT2D eigenvalue weighted by atomic mass is 16.1. The SMILES string of the molecule is Cc1n(C2CCC(C(C(N)=O)(c3ccccc3)c3ccccc3)C2)cc[n+]1CC(C)C. The summed E-state index contributed by atoms with van der Waals surface area (Å²) in [6.45, 7) is 7.71. The van der Waals surface area contributed by atoms with Gasteiger partial charge in [-0.3, -0.25) is 4.79 Å². The van der Waals surface area contributed by atoms with Crippen LogP contribution in [0.1, 0.15) is 56.1 Å². The second kappa shape index (κ2) is 8.70. The smallest absolute Gasteiger partial charge is 0.253 e. The Morgan fingerprint density at radius 2 is 1.65 bits per heavy atom. The summed E-state index contributed by atoms with van der Waals surface area (Å²) in [5, 5.41) is 0. The van der Waals surface area contributed by atoms with Crippen molar-refractivity contribution in [3.05, 3.63) is 90.0 Å². The van der Waals surface area contributed by atoms with Crippen LogP contribution in [-0.4, -0.2) is 10.5 Å². The van der Waals surface area contributed by atoms with Gasteiger partial charge in [-0.2, -0.15) is 0 Å². The van der Waals surface area contributed by atoms with E-state index in [2.05, 4.69) is 66.6 Å². The number of nitrogens with zero attached hydrogens (tertiary/aromatic N) is 2. The van der Waals surface area contributed by atoms with E-state index in [4.69, 9.17) is 5.73 Å². The predicted octanol–water partition coefficient (Wildman–Crippen LogP) is 4.55. The van der Waals surface area contributed by atoms with E-state index in [0.717, 1.165) is 36.9 Å². The van der Waals surface area contributed by atoms with Gasteiger partial charge in [-0.15, -0.1) is 0 Å². The molecule has 2 unspecified atom stereocenters. The molecular weight excluding hydrogens is 382 g/mol. The Kier molecular flexibility index (Phi) is 5.99. The van der Waals surface area contributed by atoms with Crippen molar-refractivity contribution in [2.45, 2.75) is 58.0 Å². The predicted molar refractivity (Wildman–Crippen MR) is 123 cm³/mol. The molecule has 2 N–H and O–H groups in total. The summed E-state index contributed by atoms with van der Waals surface area (Å²) in [4.78, 5) is 13.3. The molecule has 4 nitrogen and oxygen atoms in total. The molecule has 1 aliphatic rings. The molecule has 2 atom stereocenters. The lowest BCUT2D eigenvalue weighted by Crippen LogP contribution is -2.47. The molecule has 4 heteroatoms. The van der Waals surface area contributed by atoms with Crippen LogP contribution in [0.25, 0.3) is 0 Å². The Balaban J connectivity index is 1.73. The van der Waals surface area contributed by atoms with Gasteiger partial charge >= 0.3 is 0 Å². The van der Waals surface area contributed by atoms with Crippen molar-refractivity contribution < 1.29 is 9.36 Å². The number of carbonyl (C=O) groups is 1. The number of nitrogens with two attached hydrogens (primary N) is 1. The molecule has 0 spiro atoms. The zero-order valence-corrected chi connectivity index (χ0v) is 18.9. The van der Waals surface area contributed by atoms with Gasteiger partial charge in [0.2, 0.25) is 5.91 Å². The average molecular weight is 417 g/mol. The van der Waals surface area contributed by atoms with E-state index in [-0.39, 0.29) is 11.8 Å². The number of aromatic nitrogens is 2. The Labute approximate surface area is 185 Å². The van der Waals surface area contributed by atoms with Crippen molar-refractivity contribution in [2.75, 3.05) is 0 Å². The molecule has 2 aromatic carbocycles. The van der Waals surface area contributed by atoms with E-state index in [0.29, 0.717) is 12.0 Å². The highest BCUT2D eigenvalue weighted by Crippen LogP contribution is 2.49. The maximum atomic E-state index is 13.3. The summed E-state index contributed by atoms with van der Waals surface area (Å²) in [7, 11) is 0. The van der Waals surface area contributed by atoms with Crippen molar-refractivity contribution in [3.63, 3.8) is 0 Å². The lowest BCUT2D eigenvalue weighted by molar-refractivity contribution is -0.707. The van der Waals surface area contributed by atoms with Crippen molar-refractivity contribution in [3.8, 4) is 0 Å². The highest BCUT2D eigenvalue weighted by molar-refractivity contribution is 5.91. The minimum absolute atomic E-state index is 0.153. The van der Waals surface area contributed by atoms with Crippen molar-refractivity contribution in [1.29, 1.82) is 0 Å². The first kappa shape index (κ1) is 21.4. The first-order valence-electron chi connectivity index (χ1n) is 11.4. The van der Waals surface area contributed by atoms with Gasteiger partial charge in [0.15, 0.2) is 0 Å². The second-order valence-electron chi connectivity index (χ2n) is 9.37. The van der Waals surface area contributed by atoms with E-state index in [9.17, 15) is 4.79 Å². The van der Waals surface area contributed by atoms with Crippen LogP contribution < -0.4 is 10.3 Å². The quantitative estimate of drug-likeness (QED) is 0.564. The number of amides is 1. The van der Waals surface area contributed by atoms with E-state index in [1.165, 1.54) is 5.82 Å². The maximum absolute atomic E-state index is 13.3. The van der Waals surface area contributed by atoms with Gasteiger partial charge in [-0.05, 0) is 42.2 Å². The molecule has 1 saturated carbocycles. The molecule has 0 radical (unpaired) electrons. The van der Waals surface area contributed by atoms with E-state index < -0.39 is 5.41 Å². The van der Waals surface area contributed by atoms with Gasteiger partial charge in [0.1, 0.15) is 23.9 Å². The summed E-state index contributed by atoms with van der Waals surface area (Å²) in [6.07, 6.45) is 7.36. The summed E-state index contributed by atoms with van der Waals surface area (Å²) < 4.78 is 4.75. The largest absolute Gasteiger partial charge is 0.369 e. The molecule has 1 amide bonds. The fourth-order valence-corrected chi connectivity index (χ4v) is 5.62. The van der Waals surface area contributed by atoms with Crippen LogP contribution in [0.3, 0.4) is 0 Å². The third kappa shape index (κ3) is 3.80. The molecule has 3 aromatic rings. The van der Waals surface area contributed by atoms with Crippen molar-refractivity contribution >= 4 is 5.91 Å². The van der Waals surface area contributed by atoms with Crippen LogP contribution in [0.2, 0.25) is 0 Å². The lowest BCUT2D eigenvalue weighted by atomic mass is 9.64. The van der Waals surface area contributed by atoms with Crippen LogP contribution in [0.4, 0.5) is 0 Å². The van der Waals surface area contributed by atoms with Gasteiger partial charge in [0, 0.05) is 6.92 Å². The molecule has 1 fully saturated rings. The minimum Gasteiger partial charge on any atom is -0.369 e. The zero-order valence-electron chi connectivity index (χ0n) is 18.9. The maximum Gasteiger partial charge on any atom is 0.253 e. The lowest BCUT2D eigenvalue weighted by Gasteiger charge is -2.37. The summed E-state index contributed by atoms with van der Waals surface area (Å²) >= 11 is 0. The van der Waals surface area contributed by atoms with Crippen LogP contribution in [0.5, 0.6) is 0 Å². The van der Waals surface area contributed by atoms with Crippen molar-refractivity contribution in [1.82, 2.24) is 4.57 Å². The van der Waals surface area contributed by atoms with Crippen molar-refractivity contribution in [2.24, 2.45) is 17.6 Å². The van der Waals surface area contributed by atoms with E-state index >= 15 is 0 Å². The number of carbonyl (C=O) groups excluding carboxylic acids is 1. The molecule has 0 aliphatic heterocycles. The van der Waals surface area contributed by atoms with E-state index in [1.807, 2.05) is 36.4 Å². The molecule has 0 bridgehead atoms. The Bertz CT molecular complexity index is 984. The molecular formula is C27H34N3O+. The topological polar surface area (TPSA) is 51.9 Å². The number of hydrogen-bond acceptors (Lipinski definition) is 1. The summed E-state index contributed by atoms with van der Waals surface area (Å²) in [5.74, 6) is 1.78. The number of rotatable bonds is 7. The zero-order chi connectivity index (χ0) is 22.0. The highest BCUT2D eigenvalue weighted by Gasteiger charge is 2.51. The molecule has 0 saturated heterocycles. The number of imidazole rings is 1. The monoisotopic (exact) mass is 416 g/mol. The first-order valence-corrected chi connectivity index (χ1v) is 11.4. The minimum atomic E-state index is -0.813. The normalized spacial score (nSPS) is 19.1. The average Bonchev–Trinajstić information content (AvgIpc) is 3.37. The number of benzene rings is 2. The third-order valence-electron chi connectivity index (χ3n) is 7.02. The second-order valence-corrected chi connectivity index (χ2v) is 9.37. The summed E-state index contributed by atoms with van der Waals surface area (Å²) in [5.41, 5.74) is 7.42. The fraction of sp³-hybridized carbons (Fsp3) is 0.407. The molecule has 4 rings (SSSR count). The fourth-order valence-electron chi connectivity index (χ4n) is 5.62. The van der Waals surface area contributed by atoms with Crippen LogP contribution in [0, 0.1) is 18.8 Å². The number of hydrogen-bond donors (Lipinski definition) is 1. The first-order chi connectivity index (χ1) is 14.9. The van der Waals surface area contributed by atoms with Gasteiger partial charge in [0.25, 0.3) is 5.82 Å². The van der Waals surface area contributed by atoms with Gasteiger partial charge in [-0.1, -0.05) is 74.5 Å². The van der Waals surface area contributed by atoms with E-state index in [1.54, 1.807) is 0 Å². The number of primary amides is 1. The Hall–Kier alpha value is -2.88. The molecule has 1 aliphatic carbocycles. The molecule has 1 aromatic heterocycles. The molecule has 31 heavy (non-hydrogen) atoms. The standard InChI is InChI=1S/C27H33N3O/c1-20(2)19-29-16-17-30(21(29)3)25-15-14-24(18-25)27(26(28)31,22-10-6-4-7-11-22)23-12-8-5-9-13-23/h4-13,16-17,20,24-25H,14-15,18-19H2,1-3H3,(H-,28,31)/p+1. The molecule has 1 heterocycles. The Morgan fingerprint density at radius 1 is 1.06 bits per heavy atom. The van der Waals surface area contributed by atoms with Gasteiger partial charge < -0.3 is 5.73 Å². The van der Waals surface area contributed by atoms with Gasteiger partial charge in [0.05, 0.1) is 6.54 Å². The van der Waals surface area contributed by atoms with Gasteiger partial charge in [-0.25, -0.2) is 9.13 Å². The van der Waals surface area contributed by atoms with Crippen LogP contribution in [-0.2, 0) is 16.8 Å². The Morgan fingerprint density at radius 3 is 2.16 bits per heavy atom. The van der Waals surface area contributed by atoms with Crippen LogP contribution >= 0.6 is 0 Å². The summed E-state index contributed by atoms with van der Waals surface area (Å²) in [6, 6.07) is 20.6. The van der Waals surface area contributed by atoms with Crippen LogP contribution in [0.15, 0.2) is 73.1 Å².